The van der Waals surface area contributed by atoms with Gasteiger partial charge in [-0.2, -0.15) is 10.5 Å². The molecule has 1 aliphatic rings. The Morgan fingerprint density at radius 3 is 2.42 bits per heavy atom. The van der Waals surface area contributed by atoms with Gasteiger partial charge in [-0.1, -0.05) is 0 Å². The van der Waals surface area contributed by atoms with Crippen molar-refractivity contribution >= 4 is 27.9 Å². The van der Waals surface area contributed by atoms with Crippen LogP contribution in [0.5, 0.6) is 0 Å². The number of hydrogen-bond acceptors (Lipinski definition) is 6. The molecule has 1 rings (SSSR count). The van der Waals surface area contributed by atoms with E-state index in [1.807, 2.05) is 6.07 Å². The maximum absolute atomic E-state index is 11.2. The Bertz CT molecular complexity index is 567. The van der Waals surface area contributed by atoms with Gasteiger partial charge < -0.3 is 9.47 Å². The summed E-state index contributed by atoms with van der Waals surface area (Å²) in [4.78, 5) is 22.2. The summed E-state index contributed by atoms with van der Waals surface area (Å²) in [7, 11) is 0. The number of carbonyl (C=O) groups is 2. The SMILES string of the molecule is CC(=O)OC1C=CC(C#N)=C(Br)C1(C#N)OC(C)=O. The standard InChI is InChI=1S/C12H9BrN2O4/c1-7(16)18-10-4-3-9(5-14)11(13)12(10,6-15)19-8(2)17/h3-4,10H,1-2H3. The summed E-state index contributed by atoms with van der Waals surface area (Å²) in [6, 6.07) is 3.64. The number of esters is 2. The minimum Gasteiger partial charge on any atom is -0.452 e. The number of halogens is 1. The predicted octanol–water partition coefficient (Wildman–Crippen LogP) is 1.49. The molecule has 0 saturated heterocycles. The van der Waals surface area contributed by atoms with E-state index in [4.69, 9.17) is 14.7 Å². The first-order chi connectivity index (χ1) is 8.87. The smallest absolute Gasteiger partial charge is 0.304 e. The molecule has 0 fully saturated rings. The molecule has 0 aromatic heterocycles. The van der Waals surface area contributed by atoms with Crippen molar-refractivity contribution in [2.75, 3.05) is 0 Å². The molecule has 0 saturated carbocycles. The number of rotatable bonds is 2. The molecule has 0 radical (unpaired) electrons. The maximum Gasteiger partial charge on any atom is 0.304 e. The zero-order chi connectivity index (χ0) is 14.6. The quantitative estimate of drug-likeness (QED) is 0.713. The van der Waals surface area contributed by atoms with Gasteiger partial charge in [0.05, 0.1) is 10.1 Å². The summed E-state index contributed by atoms with van der Waals surface area (Å²) in [5, 5.41) is 18.3. The van der Waals surface area contributed by atoms with Gasteiger partial charge in [-0.15, -0.1) is 0 Å². The molecule has 0 heterocycles. The largest absolute Gasteiger partial charge is 0.452 e. The second-order valence-corrected chi connectivity index (χ2v) is 4.46. The predicted molar refractivity (Wildman–Crippen MR) is 66.4 cm³/mol. The average Bonchev–Trinajstić information content (AvgIpc) is 2.33. The van der Waals surface area contributed by atoms with E-state index in [2.05, 4.69) is 15.9 Å². The van der Waals surface area contributed by atoms with Crippen LogP contribution in [0.25, 0.3) is 0 Å². The Kier molecular flexibility index (Phi) is 4.47. The number of allylic oxidation sites excluding steroid dienone is 2. The number of nitriles is 2. The lowest BCUT2D eigenvalue weighted by molar-refractivity contribution is -0.165. The van der Waals surface area contributed by atoms with Crippen LogP contribution in [0.4, 0.5) is 0 Å². The van der Waals surface area contributed by atoms with Crippen LogP contribution in [0, 0.1) is 22.7 Å². The molecule has 0 aromatic rings. The van der Waals surface area contributed by atoms with E-state index < -0.39 is 23.6 Å². The molecule has 2 unspecified atom stereocenters. The molecule has 0 N–H and O–H groups in total. The zero-order valence-electron chi connectivity index (χ0n) is 10.1. The van der Waals surface area contributed by atoms with E-state index in [0.717, 1.165) is 6.92 Å². The van der Waals surface area contributed by atoms with E-state index in [0.29, 0.717) is 0 Å². The van der Waals surface area contributed by atoms with E-state index in [1.54, 1.807) is 6.07 Å². The highest BCUT2D eigenvalue weighted by Gasteiger charge is 2.49. The van der Waals surface area contributed by atoms with Crippen LogP contribution < -0.4 is 0 Å². The zero-order valence-corrected chi connectivity index (χ0v) is 11.7. The van der Waals surface area contributed by atoms with Gasteiger partial charge in [-0.3, -0.25) is 9.59 Å². The Morgan fingerprint density at radius 2 is 2.00 bits per heavy atom. The van der Waals surface area contributed by atoms with Crippen LogP contribution in [0.2, 0.25) is 0 Å². The number of ether oxygens (including phenoxy) is 2. The second kappa shape index (κ2) is 5.68. The highest BCUT2D eigenvalue weighted by atomic mass is 79.9. The molecule has 0 aromatic carbocycles. The molecule has 6 nitrogen and oxygen atoms in total. The molecular formula is C12H9BrN2O4. The molecule has 0 bridgehead atoms. The fourth-order valence-corrected chi connectivity index (χ4v) is 2.19. The summed E-state index contributed by atoms with van der Waals surface area (Å²) in [6.45, 7) is 2.29. The summed E-state index contributed by atoms with van der Waals surface area (Å²) in [5.74, 6) is -1.37. The van der Waals surface area contributed by atoms with Crippen LogP contribution in [-0.2, 0) is 19.1 Å². The van der Waals surface area contributed by atoms with Crippen molar-refractivity contribution in [1.29, 1.82) is 10.5 Å². The van der Waals surface area contributed by atoms with Crippen LogP contribution in [0.3, 0.4) is 0 Å². The van der Waals surface area contributed by atoms with Gasteiger partial charge in [0.1, 0.15) is 12.1 Å². The Labute approximate surface area is 118 Å². The molecule has 1 aliphatic carbocycles. The topological polar surface area (TPSA) is 100 Å². The summed E-state index contributed by atoms with van der Waals surface area (Å²) >= 11 is 3.07. The fourth-order valence-electron chi connectivity index (χ4n) is 1.57. The third-order valence-corrected chi connectivity index (χ3v) is 3.30. The Hall–Kier alpha value is -2.12. The van der Waals surface area contributed by atoms with E-state index in [1.165, 1.54) is 19.1 Å². The molecular weight excluding hydrogens is 316 g/mol. The first-order valence-corrected chi connectivity index (χ1v) is 5.93. The van der Waals surface area contributed by atoms with Crippen molar-refractivity contribution in [3.05, 3.63) is 22.2 Å². The average molecular weight is 325 g/mol. The van der Waals surface area contributed by atoms with Gasteiger partial charge in [0.15, 0.2) is 6.10 Å². The molecule has 0 aliphatic heterocycles. The van der Waals surface area contributed by atoms with Crippen LogP contribution in [0.1, 0.15) is 13.8 Å². The van der Waals surface area contributed by atoms with Gasteiger partial charge in [0.2, 0.25) is 0 Å². The summed E-state index contributed by atoms with van der Waals surface area (Å²) in [6.07, 6.45) is 1.60. The van der Waals surface area contributed by atoms with E-state index in [-0.39, 0.29) is 10.1 Å². The first-order valence-electron chi connectivity index (χ1n) is 5.14. The van der Waals surface area contributed by atoms with Gasteiger partial charge in [-0.25, -0.2) is 0 Å². The van der Waals surface area contributed by atoms with Crippen molar-refractivity contribution in [3.63, 3.8) is 0 Å². The van der Waals surface area contributed by atoms with Gasteiger partial charge >= 0.3 is 11.9 Å². The van der Waals surface area contributed by atoms with Crippen LogP contribution in [0.15, 0.2) is 22.2 Å². The number of carbonyl (C=O) groups excluding carboxylic acids is 2. The van der Waals surface area contributed by atoms with Crippen molar-refractivity contribution in [2.45, 2.75) is 25.6 Å². The highest BCUT2D eigenvalue weighted by Crippen LogP contribution is 2.38. The third kappa shape index (κ3) is 2.83. The van der Waals surface area contributed by atoms with Gasteiger partial charge in [0, 0.05) is 13.8 Å². The maximum atomic E-state index is 11.2. The fraction of sp³-hybridized carbons (Fsp3) is 0.333. The summed E-state index contributed by atoms with van der Waals surface area (Å²) in [5.41, 5.74) is -1.76. The Morgan fingerprint density at radius 1 is 1.37 bits per heavy atom. The molecule has 7 heteroatoms. The van der Waals surface area contributed by atoms with Crippen molar-refractivity contribution in [2.24, 2.45) is 0 Å². The lowest BCUT2D eigenvalue weighted by Gasteiger charge is -2.33. The molecule has 0 spiro atoms. The van der Waals surface area contributed by atoms with Crippen LogP contribution in [-0.4, -0.2) is 23.6 Å². The normalized spacial score (nSPS) is 25.2. The highest BCUT2D eigenvalue weighted by molar-refractivity contribution is 9.11. The van der Waals surface area contributed by atoms with Crippen molar-refractivity contribution in [1.82, 2.24) is 0 Å². The molecule has 0 amide bonds. The Balaban J connectivity index is 3.37. The second-order valence-electron chi connectivity index (χ2n) is 3.67. The van der Waals surface area contributed by atoms with Gasteiger partial charge in [-0.05, 0) is 28.1 Å². The molecule has 19 heavy (non-hydrogen) atoms. The lowest BCUT2D eigenvalue weighted by Crippen LogP contribution is -2.48. The minimum absolute atomic E-state index is 0.0500. The monoisotopic (exact) mass is 324 g/mol. The van der Waals surface area contributed by atoms with Crippen LogP contribution >= 0.6 is 15.9 Å². The first kappa shape index (κ1) is 14.9. The number of hydrogen-bond donors (Lipinski definition) is 0. The third-order valence-electron chi connectivity index (χ3n) is 2.29. The van der Waals surface area contributed by atoms with E-state index in [9.17, 15) is 14.9 Å². The minimum atomic E-state index is -1.88. The molecule has 98 valence electrons. The number of nitrogens with zero attached hydrogens (tertiary/aromatic N) is 2. The van der Waals surface area contributed by atoms with Crippen molar-refractivity contribution in [3.8, 4) is 12.1 Å². The molecule has 2 atom stereocenters. The van der Waals surface area contributed by atoms with Crippen molar-refractivity contribution < 1.29 is 19.1 Å². The van der Waals surface area contributed by atoms with E-state index >= 15 is 0 Å². The summed E-state index contributed by atoms with van der Waals surface area (Å²) < 4.78 is 10.0. The van der Waals surface area contributed by atoms with Gasteiger partial charge in [0.25, 0.3) is 5.60 Å². The lowest BCUT2D eigenvalue weighted by atomic mass is 9.89.